The van der Waals surface area contributed by atoms with Crippen molar-refractivity contribution in [3.05, 3.63) is 58.7 Å². The molecule has 0 aliphatic carbocycles. The average Bonchev–Trinajstić information content (AvgIpc) is 2.65. The summed E-state index contributed by atoms with van der Waals surface area (Å²) < 4.78 is 5.07. The van der Waals surface area contributed by atoms with Crippen LogP contribution in [0.1, 0.15) is 67.1 Å². The van der Waals surface area contributed by atoms with E-state index >= 15 is 0 Å². The number of carbonyl (C=O) groups is 1. The summed E-state index contributed by atoms with van der Waals surface area (Å²) in [5.41, 5.74) is 6.41. The first-order valence-electron chi connectivity index (χ1n) is 9.92. The Balaban J connectivity index is 1.91. The van der Waals surface area contributed by atoms with Gasteiger partial charge in [0.1, 0.15) is 0 Å². The Labute approximate surface area is 168 Å². The van der Waals surface area contributed by atoms with Crippen molar-refractivity contribution < 1.29 is 9.53 Å². The molecule has 4 nitrogen and oxygen atoms in total. The molecular formula is C24H30N2O2. The molecule has 1 heterocycles. The molecule has 3 rings (SSSR count). The molecule has 0 saturated carbocycles. The van der Waals surface area contributed by atoms with E-state index < -0.39 is 0 Å². The number of aryl methyl sites for hydroxylation is 1. The van der Waals surface area contributed by atoms with Crippen molar-refractivity contribution in [2.45, 2.75) is 52.5 Å². The van der Waals surface area contributed by atoms with Crippen LogP contribution in [0.4, 0.5) is 11.4 Å². The fourth-order valence-electron chi connectivity index (χ4n) is 3.95. The van der Waals surface area contributed by atoms with Crippen LogP contribution in [0.5, 0.6) is 0 Å². The molecule has 0 aromatic heterocycles. The molecule has 0 spiro atoms. The molecule has 4 heteroatoms. The Hall–Kier alpha value is -2.62. The van der Waals surface area contributed by atoms with Crippen LogP contribution >= 0.6 is 0 Å². The third-order valence-corrected chi connectivity index (χ3v) is 5.73. The molecule has 1 atom stereocenters. The first-order valence-corrected chi connectivity index (χ1v) is 9.92. The van der Waals surface area contributed by atoms with E-state index in [9.17, 15) is 4.79 Å². The number of esters is 1. The third kappa shape index (κ3) is 3.96. The molecule has 1 unspecified atom stereocenters. The number of anilines is 1. The molecule has 2 aromatic carbocycles. The van der Waals surface area contributed by atoms with E-state index in [0.29, 0.717) is 18.1 Å². The zero-order valence-electron chi connectivity index (χ0n) is 17.7. The van der Waals surface area contributed by atoms with E-state index in [1.54, 1.807) is 19.1 Å². The Morgan fingerprint density at radius 1 is 1.32 bits per heavy atom. The normalized spacial score (nSPS) is 18.2. The number of carbonyl (C=O) groups excluding carboxylic acids is 1. The number of aliphatic imine (C=N–C) groups is 1. The van der Waals surface area contributed by atoms with Crippen LogP contribution in [0.3, 0.4) is 0 Å². The third-order valence-electron chi connectivity index (χ3n) is 5.73. The Bertz CT molecular complexity index is 915. The highest BCUT2D eigenvalue weighted by Crippen LogP contribution is 2.43. The van der Waals surface area contributed by atoms with Gasteiger partial charge in [-0.3, -0.25) is 4.99 Å². The van der Waals surface area contributed by atoms with Crippen molar-refractivity contribution in [2.75, 3.05) is 18.6 Å². The Morgan fingerprint density at radius 3 is 2.79 bits per heavy atom. The van der Waals surface area contributed by atoms with Gasteiger partial charge in [-0.1, -0.05) is 13.0 Å². The quantitative estimate of drug-likeness (QED) is 0.510. The van der Waals surface area contributed by atoms with Gasteiger partial charge in [0, 0.05) is 24.5 Å². The van der Waals surface area contributed by atoms with Crippen LogP contribution in [-0.4, -0.2) is 31.4 Å². The maximum Gasteiger partial charge on any atom is 0.338 e. The monoisotopic (exact) mass is 378 g/mol. The second-order valence-corrected chi connectivity index (χ2v) is 8.27. The summed E-state index contributed by atoms with van der Waals surface area (Å²) >= 11 is 0. The summed E-state index contributed by atoms with van der Waals surface area (Å²) in [7, 11) is 2.18. The van der Waals surface area contributed by atoms with Crippen molar-refractivity contribution in [1.82, 2.24) is 0 Å². The van der Waals surface area contributed by atoms with Crippen LogP contribution in [0, 0.1) is 6.92 Å². The fourth-order valence-corrected chi connectivity index (χ4v) is 3.95. The summed E-state index contributed by atoms with van der Waals surface area (Å²) in [6.45, 7) is 11.2. The maximum atomic E-state index is 11.9. The van der Waals surface area contributed by atoms with Crippen molar-refractivity contribution in [3.8, 4) is 0 Å². The number of ether oxygens (including phenoxy) is 1. The lowest BCUT2D eigenvalue weighted by Crippen LogP contribution is -2.45. The van der Waals surface area contributed by atoms with E-state index in [1.807, 2.05) is 18.3 Å². The van der Waals surface area contributed by atoms with Crippen molar-refractivity contribution >= 4 is 23.6 Å². The largest absolute Gasteiger partial charge is 0.462 e. The van der Waals surface area contributed by atoms with Crippen LogP contribution in [0.15, 0.2) is 41.4 Å². The number of fused-ring (bicyclic) bond motifs is 1. The molecule has 0 bridgehead atoms. The zero-order valence-corrected chi connectivity index (χ0v) is 17.7. The van der Waals surface area contributed by atoms with E-state index in [-0.39, 0.29) is 11.5 Å². The molecule has 0 radical (unpaired) electrons. The van der Waals surface area contributed by atoms with Gasteiger partial charge in [-0.25, -0.2) is 4.79 Å². The van der Waals surface area contributed by atoms with Gasteiger partial charge < -0.3 is 9.64 Å². The van der Waals surface area contributed by atoms with E-state index in [2.05, 4.69) is 56.8 Å². The molecule has 0 fully saturated rings. The lowest BCUT2D eigenvalue weighted by atomic mass is 9.79. The minimum absolute atomic E-state index is 0.155. The van der Waals surface area contributed by atoms with Crippen molar-refractivity contribution in [1.29, 1.82) is 0 Å². The Kier molecular flexibility index (Phi) is 5.59. The van der Waals surface area contributed by atoms with Crippen molar-refractivity contribution in [3.63, 3.8) is 0 Å². The fraction of sp³-hybridized carbons (Fsp3) is 0.417. The molecule has 2 aromatic rings. The molecule has 28 heavy (non-hydrogen) atoms. The smallest absolute Gasteiger partial charge is 0.338 e. The minimum Gasteiger partial charge on any atom is -0.462 e. The predicted molar refractivity (Wildman–Crippen MR) is 116 cm³/mol. The lowest BCUT2D eigenvalue weighted by Gasteiger charge is -2.45. The van der Waals surface area contributed by atoms with Gasteiger partial charge in [0.25, 0.3) is 0 Å². The molecular weight excluding hydrogens is 348 g/mol. The average molecular weight is 379 g/mol. The number of nitrogens with zero attached hydrogens (tertiary/aromatic N) is 2. The van der Waals surface area contributed by atoms with Crippen LogP contribution in [0.2, 0.25) is 0 Å². The minimum atomic E-state index is -0.316. The SMILES string of the molecule is CCOC(=O)c1cccc(N=Cc2cc3c(cc2C)N(C)C(C)(C)CC3C)c1. The first kappa shape index (κ1) is 20.1. The van der Waals surface area contributed by atoms with Gasteiger partial charge in [0.15, 0.2) is 0 Å². The summed E-state index contributed by atoms with van der Waals surface area (Å²) in [6, 6.07) is 11.8. The summed E-state index contributed by atoms with van der Waals surface area (Å²) in [6.07, 6.45) is 3.02. The summed E-state index contributed by atoms with van der Waals surface area (Å²) in [4.78, 5) is 18.9. The van der Waals surface area contributed by atoms with E-state index in [0.717, 1.165) is 17.7 Å². The van der Waals surface area contributed by atoms with Crippen LogP contribution < -0.4 is 4.90 Å². The predicted octanol–water partition coefficient (Wildman–Crippen LogP) is 5.64. The highest BCUT2D eigenvalue weighted by molar-refractivity contribution is 5.91. The summed E-state index contributed by atoms with van der Waals surface area (Å²) in [5.74, 6) is 0.185. The first-order chi connectivity index (χ1) is 13.2. The van der Waals surface area contributed by atoms with Gasteiger partial charge >= 0.3 is 5.97 Å². The van der Waals surface area contributed by atoms with Crippen LogP contribution in [0.25, 0.3) is 0 Å². The number of hydrogen-bond acceptors (Lipinski definition) is 4. The highest BCUT2D eigenvalue weighted by Gasteiger charge is 2.34. The molecule has 0 amide bonds. The van der Waals surface area contributed by atoms with E-state index in [4.69, 9.17) is 4.74 Å². The molecule has 1 aliphatic rings. The molecule has 1 aliphatic heterocycles. The van der Waals surface area contributed by atoms with Gasteiger partial charge in [-0.05, 0) is 87.1 Å². The molecule has 148 valence electrons. The number of benzene rings is 2. The lowest BCUT2D eigenvalue weighted by molar-refractivity contribution is 0.0526. The summed E-state index contributed by atoms with van der Waals surface area (Å²) in [5, 5.41) is 0. The second-order valence-electron chi connectivity index (χ2n) is 8.27. The number of hydrogen-bond donors (Lipinski definition) is 0. The van der Waals surface area contributed by atoms with Gasteiger partial charge in [-0.15, -0.1) is 0 Å². The maximum absolute atomic E-state index is 11.9. The second kappa shape index (κ2) is 7.78. The molecule has 0 N–H and O–H groups in total. The molecule has 0 saturated heterocycles. The number of rotatable bonds is 4. The Morgan fingerprint density at radius 2 is 2.07 bits per heavy atom. The topological polar surface area (TPSA) is 41.9 Å². The van der Waals surface area contributed by atoms with Gasteiger partial charge in [0.2, 0.25) is 0 Å². The van der Waals surface area contributed by atoms with E-state index in [1.165, 1.54) is 16.8 Å². The van der Waals surface area contributed by atoms with Crippen LogP contribution in [-0.2, 0) is 4.74 Å². The zero-order chi connectivity index (χ0) is 20.5. The van der Waals surface area contributed by atoms with Gasteiger partial charge in [0.05, 0.1) is 17.9 Å². The van der Waals surface area contributed by atoms with Gasteiger partial charge in [-0.2, -0.15) is 0 Å². The standard InChI is InChI=1S/C24H30N2O2/c1-7-28-23(27)18-9-8-10-20(12-18)25-15-19-13-21-17(3)14-24(4,5)26(6)22(21)11-16(19)2/h8-13,15,17H,7,14H2,1-6H3. The highest BCUT2D eigenvalue weighted by atomic mass is 16.5. The van der Waals surface area contributed by atoms with Crippen molar-refractivity contribution in [2.24, 2.45) is 4.99 Å².